The van der Waals surface area contributed by atoms with Crippen molar-refractivity contribution in [1.29, 1.82) is 0 Å². The summed E-state index contributed by atoms with van der Waals surface area (Å²) in [4.78, 5) is 0. The minimum atomic E-state index is -1.74. The number of nitrogens with two attached hydrogens (primary N) is 1. The van der Waals surface area contributed by atoms with Crippen LogP contribution < -0.4 is 11.1 Å². The summed E-state index contributed by atoms with van der Waals surface area (Å²) in [5.41, 5.74) is 5.23. The average molecular weight is 148 g/mol. The first-order valence-corrected chi connectivity index (χ1v) is 3.46. The van der Waals surface area contributed by atoms with E-state index in [0.29, 0.717) is 13.1 Å². The Kier molecular flexibility index (Phi) is 4.55. The van der Waals surface area contributed by atoms with E-state index in [9.17, 15) is 0 Å². The van der Waals surface area contributed by atoms with Crippen LogP contribution in [0.3, 0.4) is 0 Å². The molecule has 4 nitrogen and oxygen atoms in total. The fraction of sp³-hybridized carbons (Fsp3) is 1.00. The molecule has 5 N–H and O–H groups in total. The number of unbranched alkanes of at least 4 members (excludes halogenated alkanes) is 1. The molecule has 0 spiro atoms. The number of nitrogens with one attached hydrogen (secondary N) is 1. The molecule has 0 aromatic rings. The Hall–Kier alpha value is -0.160. The average Bonchev–Trinajstić information content (AvgIpc) is 1.78. The molecule has 62 valence electrons. The summed E-state index contributed by atoms with van der Waals surface area (Å²) in [7, 11) is 0. The van der Waals surface area contributed by atoms with Crippen LogP contribution in [0.25, 0.3) is 0 Å². The van der Waals surface area contributed by atoms with Gasteiger partial charge in [0.1, 0.15) is 0 Å². The molecule has 10 heavy (non-hydrogen) atoms. The van der Waals surface area contributed by atoms with Crippen molar-refractivity contribution in [3.05, 3.63) is 0 Å². The summed E-state index contributed by atoms with van der Waals surface area (Å²) >= 11 is 0. The molecule has 0 aromatic heterocycles. The highest BCUT2D eigenvalue weighted by Gasteiger charge is 2.11. The highest BCUT2D eigenvalue weighted by molar-refractivity contribution is 4.53. The zero-order valence-corrected chi connectivity index (χ0v) is 6.30. The van der Waals surface area contributed by atoms with Gasteiger partial charge in [0.25, 0.3) is 0 Å². The van der Waals surface area contributed by atoms with Gasteiger partial charge >= 0.3 is 0 Å². The largest absolute Gasteiger partial charge is 0.354 e. The van der Waals surface area contributed by atoms with Crippen LogP contribution in [-0.4, -0.2) is 29.2 Å². The van der Waals surface area contributed by atoms with E-state index in [4.69, 9.17) is 15.9 Å². The molecule has 0 amide bonds. The minimum Gasteiger partial charge on any atom is -0.354 e. The van der Waals surface area contributed by atoms with Crippen molar-refractivity contribution in [2.24, 2.45) is 5.73 Å². The Morgan fingerprint density at radius 2 is 2.00 bits per heavy atom. The van der Waals surface area contributed by atoms with E-state index in [-0.39, 0.29) is 0 Å². The molecule has 0 aliphatic rings. The molecule has 0 atom stereocenters. The second kappa shape index (κ2) is 4.62. The molecule has 0 aromatic carbocycles. The maximum Gasteiger partial charge on any atom is 0.219 e. The Morgan fingerprint density at radius 1 is 1.40 bits per heavy atom. The quantitative estimate of drug-likeness (QED) is 0.297. The third kappa shape index (κ3) is 7.84. The zero-order valence-electron chi connectivity index (χ0n) is 6.30. The zero-order chi connectivity index (χ0) is 8.04. The number of rotatable bonds is 5. The van der Waals surface area contributed by atoms with Gasteiger partial charge in [-0.25, -0.2) is 0 Å². The molecule has 0 heterocycles. The van der Waals surface area contributed by atoms with E-state index < -0.39 is 5.91 Å². The van der Waals surface area contributed by atoms with Gasteiger partial charge in [-0.3, -0.25) is 5.32 Å². The van der Waals surface area contributed by atoms with Gasteiger partial charge < -0.3 is 15.9 Å². The van der Waals surface area contributed by atoms with Gasteiger partial charge in [0.05, 0.1) is 0 Å². The predicted octanol–water partition coefficient (Wildman–Crippen LogP) is -1.03. The topological polar surface area (TPSA) is 78.5 Å². The molecular weight excluding hydrogens is 132 g/mol. The monoisotopic (exact) mass is 148 g/mol. The Morgan fingerprint density at radius 3 is 2.40 bits per heavy atom. The Labute approximate surface area is 61.0 Å². The third-order valence-corrected chi connectivity index (χ3v) is 1.09. The van der Waals surface area contributed by atoms with Crippen LogP contribution in [0.2, 0.25) is 0 Å². The van der Waals surface area contributed by atoms with Crippen LogP contribution in [0.5, 0.6) is 0 Å². The minimum absolute atomic E-state index is 0.584. The standard InChI is InChI=1S/C6H16N2O2/c1-6(9,10)8-5-3-2-4-7/h8-10H,2-5,7H2,1H3. The first-order valence-electron chi connectivity index (χ1n) is 3.46. The van der Waals surface area contributed by atoms with Crippen molar-refractivity contribution in [3.8, 4) is 0 Å². The summed E-state index contributed by atoms with van der Waals surface area (Å²) in [6.07, 6.45) is 1.77. The van der Waals surface area contributed by atoms with Crippen LogP contribution in [0.1, 0.15) is 19.8 Å². The van der Waals surface area contributed by atoms with Crippen molar-refractivity contribution in [3.63, 3.8) is 0 Å². The van der Waals surface area contributed by atoms with Crippen LogP contribution in [0.15, 0.2) is 0 Å². The molecule has 0 fully saturated rings. The van der Waals surface area contributed by atoms with E-state index in [2.05, 4.69) is 5.32 Å². The summed E-state index contributed by atoms with van der Waals surface area (Å²) in [6, 6.07) is 0. The highest BCUT2D eigenvalue weighted by atomic mass is 16.5. The molecular formula is C6H16N2O2. The van der Waals surface area contributed by atoms with Gasteiger partial charge in [-0.1, -0.05) is 0 Å². The molecule has 0 aliphatic carbocycles. The number of hydrogen-bond acceptors (Lipinski definition) is 4. The first-order chi connectivity index (χ1) is 4.56. The molecule has 0 aliphatic heterocycles. The maximum absolute atomic E-state index is 8.73. The molecule has 0 bridgehead atoms. The van der Waals surface area contributed by atoms with E-state index in [1.165, 1.54) is 6.92 Å². The smallest absolute Gasteiger partial charge is 0.219 e. The lowest BCUT2D eigenvalue weighted by Gasteiger charge is -2.16. The molecule has 0 rings (SSSR count). The highest BCUT2D eigenvalue weighted by Crippen LogP contribution is 1.90. The van der Waals surface area contributed by atoms with Gasteiger partial charge in [0.2, 0.25) is 5.91 Å². The van der Waals surface area contributed by atoms with Gasteiger partial charge in [-0.05, 0) is 19.4 Å². The lowest BCUT2D eigenvalue weighted by atomic mass is 10.3. The van der Waals surface area contributed by atoms with Crippen LogP contribution in [0, 0.1) is 0 Å². The lowest BCUT2D eigenvalue weighted by molar-refractivity contribution is -0.169. The van der Waals surface area contributed by atoms with Crippen LogP contribution in [0.4, 0.5) is 0 Å². The lowest BCUT2D eigenvalue weighted by Crippen LogP contribution is -2.42. The fourth-order valence-corrected chi connectivity index (χ4v) is 0.595. The van der Waals surface area contributed by atoms with Crippen molar-refractivity contribution < 1.29 is 10.2 Å². The van der Waals surface area contributed by atoms with Crippen molar-refractivity contribution in [1.82, 2.24) is 5.32 Å². The van der Waals surface area contributed by atoms with Crippen molar-refractivity contribution in [2.75, 3.05) is 13.1 Å². The number of aliphatic hydroxyl groups is 2. The Bertz CT molecular complexity index is 80.3. The summed E-state index contributed by atoms with van der Waals surface area (Å²) in [6.45, 7) is 2.52. The second-order valence-electron chi connectivity index (χ2n) is 2.44. The maximum atomic E-state index is 8.73. The van der Waals surface area contributed by atoms with E-state index in [0.717, 1.165) is 12.8 Å². The van der Waals surface area contributed by atoms with Gasteiger partial charge in [-0.15, -0.1) is 0 Å². The van der Waals surface area contributed by atoms with E-state index in [1.54, 1.807) is 0 Å². The van der Waals surface area contributed by atoms with Gasteiger partial charge in [0.15, 0.2) is 0 Å². The van der Waals surface area contributed by atoms with Crippen molar-refractivity contribution in [2.45, 2.75) is 25.7 Å². The third-order valence-electron chi connectivity index (χ3n) is 1.09. The van der Waals surface area contributed by atoms with E-state index >= 15 is 0 Å². The molecule has 0 saturated carbocycles. The predicted molar refractivity (Wildman–Crippen MR) is 39.1 cm³/mol. The molecule has 0 saturated heterocycles. The van der Waals surface area contributed by atoms with Crippen LogP contribution >= 0.6 is 0 Å². The molecule has 0 radical (unpaired) electrons. The fourth-order valence-electron chi connectivity index (χ4n) is 0.595. The summed E-state index contributed by atoms with van der Waals surface area (Å²) < 4.78 is 0. The molecule has 0 unspecified atom stereocenters. The second-order valence-corrected chi connectivity index (χ2v) is 2.44. The van der Waals surface area contributed by atoms with E-state index in [1.807, 2.05) is 0 Å². The van der Waals surface area contributed by atoms with Crippen molar-refractivity contribution >= 4 is 0 Å². The first kappa shape index (κ1) is 9.84. The summed E-state index contributed by atoms with van der Waals surface area (Å²) in [5.74, 6) is -1.74. The SMILES string of the molecule is CC(O)(O)NCCCCN. The van der Waals surface area contributed by atoms with Gasteiger partial charge in [0, 0.05) is 13.5 Å². The van der Waals surface area contributed by atoms with Crippen LogP contribution in [-0.2, 0) is 0 Å². The normalized spacial score (nSPS) is 12.0. The van der Waals surface area contributed by atoms with Gasteiger partial charge in [-0.2, -0.15) is 0 Å². The summed E-state index contributed by atoms with van der Waals surface area (Å²) in [5, 5.41) is 20.0. The Balaban J connectivity index is 3.04. The number of hydrogen-bond donors (Lipinski definition) is 4. The molecule has 4 heteroatoms.